The SMILES string of the molecule is N#CCOc1ccc(Br)cc1C=C1SC(=N)NC1=O. The normalized spacial score (nSPS) is 16.3. The predicted molar refractivity (Wildman–Crippen MR) is 76.7 cm³/mol. The van der Waals surface area contributed by atoms with Crippen LogP contribution in [-0.4, -0.2) is 17.7 Å². The van der Waals surface area contributed by atoms with Gasteiger partial charge in [-0.25, -0.2) is 0 Å². The van der Waals surface area contributed by atoms with E-state index in [4.69, 9.17) is 15.4 Å². The number of halogens is 1. The van der Waals surface area contributed by atoms with E-state index < -0.39 is 0 Å². The molecule has 0 aliphatic carbocycles. The predicted octanol–water partition coefficient (Wildman–Crippen LogP) is 2.49. The number of carbonyl (C=O) groups excluding carboxylic acids is 1. The number of amides is 1. The molecular weight excluding hydrogens is 330 g/mol. The van der Waals surface area contributed by atoms with E-state index in [1.165, 1.54) is 0 Å². The molecule has 19 heavy (non-hydrogen) atoms. The van der Waals surface area contributed by atoms with Crippen molar-refractivity contribution in [2.45, 2.75) is 0 Å². The Labute approximate surface area is 122 Å². The molecule has 1 saturated heterocycles. The lowest BCUT2D eigenvalue weighted by molar-refractivity contribution is -0.115. The molecule has 96 valence electrons. The summed E-state index contributed by atoms with van der Waals surface area (Å²) in [6.45, 7) is -0.0625. The molecule has 1 fully saturated rings. The average molecular weight is 338 g/mol. The van der Waals surface area contributed by atoms with Gasteiger partial charge in [-0.1, -0.05) is 15.9 Å². The number of carbonyl (C=O) groups is 1. The smallest absolute Gasteiger partial charge is 0.264 e. The molecular formula is C12H8BrN3O2S. The molecule has 5 nitrogen and oxygen atoms in total. The van der Waals surface area contributed by atoms with Gasteiger partial charge in [-0.15, -0.1) is 0 Å². The maximum Gasteiger partial charge on any atom is 0.264 e. The fraction of sp³-hybridized carbons (Fsp3) is 0.0833. The Bertz CT molecular complexity index is 622. The van der Waals surface area contributed by atoms with Gasteiger partial charge in [-0.2, -0.15) is 5.26 Å². The third kappa shape index (κ3) is 3.36. The Hall–Kier alpha value is -1.78. The van der Waals surface area contributed by atoms with E-state index in [-0.39, 0.29) is 17.7 Å². The minimum absolute atomic E-state index is 0.0625. The molecule has 2 rings (SSSR count). The second-order valence-electron chi connectivity index (χ2n) is 3.52. The molecule has 1 aromatic rings. The molecule has 7 heteroatoms. The van der Waals surface area contributed by atoms with Crippen LogP contribution in [0.2, 0.25) is 0 Å². The summed E-state index contributed by atoms with van der Waals surface area (Å²) in [5.74, 6) is 0.213. The molecule has 0 radical (unpaired) electrons. The first kappa shape index (κ1) is 13.6. The first-order valence-corrected chi connectivity index (χ1v) is 6.80. The van der Waals surface area contributed by atoms with Crippen molar-refractivity contribution in [1.29, 1.82) is 10.7 Å². The summed E-state index contributed by atoms with van der Waals surface area (Å²) in [4.78, 5) is 12.0. The Morgan fingerprint density at radius 3 is 3.00 bits per heavy atom. The molecule has 0 unspecified atom stereocenters. The summed E-state index contributed by atoms with van der Waals surface area (Å²) in [5, 5.41) is 18.4. The van der Waals surface area contributed by atoms with E-state index in [1.807, 2.05) is 6.07 Å². The van der Waals surface area contributed by atoms with E-state index in [2.05, 4.69) is 21.2 Å². The van der Waals surface area contributed by atoms with Crippen molar-refractivity contribution in [2.24, 2.45) is 0 Å². The Morgan fingerprint density at radius 2 is 2.37 bits per heavy atom. The Balaban J connectivity index is 2.35. The Kier molecular flexibility index (Phi) is 4.24. The molecule has 0 spiro atoms. The zero-order chi connectivity index (χ0) is 13.8. The van der Waals surface area contributed by atoms with E-state index in [0.29, 0.717) is 16.2 Å². The van der Waals surface area contributed by atoms with Crippen LogP contribution < -0.4 is 10.1 Å². The van der Waals surface area contributed by atoms with Crippen molar-refractivity contribution in [3.8, 4) is 11.8 Å². The summed E-state index contributed by atoms with van der Waals surface area (Å²) in [7, 11) is 0. The van der Waals surface area contributed by atoms with E-state index in [0.717, 1.165) is 16.2 Å². The molecule has 1 aliphatic heterocycles. The zero-order valence-corrected chi connectivity index (χ0v) is 12.0. The van der Waals surface area contributed by atoms with E-state index >= 15 is 0 Å². The molecule has 0 atom stereocenters. The van der Waals surface area contributed by atoms with E-state index in [9.17, 15) is 4.79 Å². The van der Waals surface area contributed by atoms with Crippen LogP contribution >= 0.6 is 27.7 Å². The number of nitrogens with one attached hydrogen (secondary N) is 2. The number of rotatable bonds is 3. The van der Waals surface area contributed by atoms with E-state index in [1.54, 1.807) is 24.3 Å². The minimum atomic E-state index is -0.304. The monoisotopic (exact) mass is 337 g/mol. The van der Waals surface area contributed by atoms with Crippen LogP contribution in [0.25, 0.3) is 6.08 Å². The highest BCUT2D eigenvalue weighted by Gasteiger charge is 2.22. The van der Waals surface area contributed by atoms with Crippen LogP contribution in [0.4, 0.5) is 0 Å². The number of hydrogen-bond donors (Lipinski definition) is 2. The molecule has 1 heterocycles. The van der Waals surface area contributed by atoms with Gasteiger partial charge in [0.25, 0.3) is 5.91 Å². The number of nitrogens with zero attached hydrogens (tertiary/aromatic N) is 1. The summed E-state index contributed by atoms with van der Waals surface area (Å²) < 4.78 is 6.13. The molecule has 0 aromatic heterocycles. The summed E-state index contributed by atoms with van der Waals surface area (Å²) in [6.07, 6.45) is 1.64. The van der Waals surface area contributed by atoms with Crippen molar-refractivity contribution in [2.75, 3.05) is 6.61 Å². The topological polar surface area (TPSA) is 86.0 Å². The lowest BCUT2D eigenvalue weighted by Gasteiger charge is -2.06. The zero-order valence-electron chi connectivity index (χ0n) is 9.57. The maximum absolute atomic E-state index is 11.6. The average Bonchev–Trinajstić information content (AvgIpc) is 2.67. The van der Waals surface area contributed by atoms with Gasteiger partial charge in [0.2, 0.25) is 0 Å². The number of ether oxygens (including phenoxy) is 1. The second kappa shape index (κ2) is 5.91. The van der Waals surface area contributed by atoms with Gasteiger partial charge in [-0.05, 0) is 36.0 Å². The first-order valence-electron chi connectivity index (χ1n) is 5.19. The standard InChI is InChI=1S/C12H8BrN3O2S/c13-8-1-2-9(18-4-3-14)7(5-8)6-10-11(17)16-12(15)19-10/h1-2,5-6H,4H2,(H2,15,16,17). The second-order valence-corrected chi connectivity index (χ2v) is 5.49. The molecule has 0 bridgehead atoms. The minimum Gasteiger partial charge on any atom is -0.478 e. The van der Waals surface area contributed by atoms with Crippen LogP contribution in [-0.2, 0) is 4.79 Å². The molecule has 0 saturated carbocycles. The van der Waals surface area contributed by atoms with Gasteiger partial charge in [0.15, 0.2) is 11.8 Å². The summed E-state index contributed by atoms with van der Waals surface area (Å²) >= 11 is 4.40. The third-order valence-electron chi connectivity index (χ3n) is 2.21. The highest BCUT2D eigenvalue weighted by Crippen LogP contribution is 2.30. The molecule has 1 amide bonds. The van der Waals surface area contributed by atoms with Crippen LogP contribution in [0.15, 0.2) is 27.6 Å². The lowest BCUT2D eigenvalue weighted by atomic mass is 10.2. The quantitative estimate of drug-likeness (QED) is 0.829. The van der Waals surface area contributed by atoms with Gasteiger partial charge >= 0.3 is 0 Å². The highest BCUT2D eigenvalue weighted by atomic mass is 79.9. The number of thioether (sulfide) groups is 1. The molecule has 1 aliphatic rings. The van der Waals surface area contributed by atoms with Crippen LogP contribution in [0.1, 0.15) is 5.56 Å². The third-order valence-corrected chi connectivity index (χ3v) is 3.54. The lowest BCUT2D eigenvalue weighted by Crippen LogP contribution is -2.18. The van der Waals surface area contributed by atoms with Crippen molar-refractivity contribution >= 4 is 44.8 Å². The van der Waals surface area contributed by atoms with Crippen molar-refractivity contribution in [1.82, 2.24) is 5.32 Å². The van der Waals surface area contributed by atoms with Crippen molar-refractivity contribution < 1.29 is 9.53 Å². The Morgan fingerprint density at radius 1 is 1.58 bits per heavy atom. The van der Waals surface area contributed by atoms with Crippen LogP contribution in [0, 0.1) is 16.7 Å². The molecule has 2 N–H and O–H groups in total. The summed E-state index contributed by atoms with van der Waals surface area (Å²) in [5.41, 5.74) is 0.678. The van der Waals surface area contributed by atoms with Gasteiger partial charge in [-0.3, -0.25) is 10.2 Å². The number of benzene rings is 1. The van der Waals surface area contributed by atoms with Gasteiger partial charge in [0.1, 0.15) is 11.8 Å². The highest BCUT2D eigenvalue weighted by molar-refractivity contribution is 9.10. The van der Waals surface area contributed by atoms with Gasteiger partial charge in [0.05, 0.1) is 4.91 Å². The first-order chi connectivity index (χ1) is 9.10. The number of nitriles is 1. The largest absolute Gasteiger partial charge is 0.478 e. The van der Waals surface area contributed by atoms with Crippen molar-refractivity contribution in [3.63, 3.8) is 0 Å². The fourth-order valence-electron chi connectivity index (χ4n) is 1.46. The van der Waals surface area contributed by atoms with Gasteiger partial charge < -0.3 is 10.1 Å². The molecule has 1 aromatic carbocycles. The summed E-state index contributed by atoms with van der Waals surface area (Å²) in [6, 6.07) is 7.19. The van der Waals surface area contributed by atoms with Crippen LogP contribution in [0.5, 0.6) is 5.75 Å². The number of amidine groups is 1. The fourth-order valence-corrected chi connectivity index (χ4v) is 2.53. The van der Waals surface area contributed by atoms with Gasteiger partial charge in [0, 0.05) is 10.0 Å². The van der Waals surface area contributed by atoms with Crippen molar-refractivity contribution in [3.05, 3.63) is 33.1 Å². The maximum atomic E-state index is 11.6. The van der Waals surface area contributed by atoms with Crippen LogP contribution in [0.3, 0.4) is 0 Å². The number of hydrogen-bond acceptors (Lipinski definition) is 5.